The fraction of sp³-hybridized carbons (Fsp3) is 0.0385. The summed E-state index contributed by atoms with van der Waals surface area (Å²) in [5.41, 5.74) is 1.56. The van der Waals surface area contributed by atoms with E-state index < -0.39 is 11.2 Å². The number of ether oxygens (including phenoxy) is 1. The van der Waals surface area contributed by atoms with E-state index in [0.29, 0.717) is 5.56 Å². The maximum atomic E-state index is 12.9. The van der Waals surface area contributed by atoms with Gasteiger partial charge in [-0.1, -0.05) is 0 Å². The van der Waals surface area contributed by atoms with Crippen LogP contribution in [-0.4, -0.2) is 5.97 Å². The summed E-state index contributed by atoms with van der Waals surface area (Å²) in [6.07, 6.45) is 0. The van der Waals surface area contributed by atoms with E-state index >= 15 is 0 Å². The topological polar surface area (TPSA) is 26.3 Å². The Kier molecular flexibility index (Phi) is 4.61. The van der Waals surface area contributed by atoms with Gasteiger partial charge in [0.1, 0.15) is 0 Å². The van der Waals surface area contributed by atoms with E-state index in [9.17, 15) is 4.79 Å². The molecule has 0 fully saturated rings. The van der Waals surface area contributed by atoms with E-state index in [1.165, 1.54) is 0 Å². The number of carbonyl (C=O) groups excluding carboxylic acids is 1. The molecule has 1 heterocycles. The third-order valence-corrected chi connectivity index (χ3v) is 15.9. The zero-order valence-electron chi connectivity index (χ0n) is 16.2. The molecule has 30 heavy (non-hydrogen) atoms. The minimum absolute atomic E-state index is 0.271. The molecule has 148 valence electrons. The Hall–Kier alpha value is -2.74. The molecule has 0 radical (unpaired) electrons. The van der Waals surface area contributed by atoms with Crippen LogP contribution in [0.2, 0.25) is 0 Å². The predicted octanol–water partition coefficient (Wildman–Crippen LogP) is 5.70. The molecule has 0 bridgehead atoms. The van der Waals surface area contributed by atoms with Gasteiger partial charge in [0.05, 0.1) is 0 Å². The molecule has 4 aromatic carbocycles. The van der Waals surface area contributed by atoms with Crippen molar-refractivity contribution in [3.05, 3.63) is 126 Å². The molecule has 1 aliphatic heterocycles. The molecule has 1 unspecified atom stereocenters. The summed E-state index contributed by atoms with van der Waals surface area (Å²) < 4.78 is 6.24. The first-order chi connectivity index (χ1) is 14.6. The van der Waals surface area contributed by atoms with Gasteiger partial charge >= 0.3 is 184 Å². The van der Waals surface area contributed by atoms with E-state index in [1.54, 1.807) is 0 Å². The summed E-state index contributed by atoms with van der Waals surface area (Å²) in [6, 6.07) is 38.9. The molecular formula is C26H20BrO2P. The molecule has 0 spiro atoms. The molecule has 0 aliphatic carbocycles. The Bertz CT molecular complexity index is 1110. The molecule has 0 aromatic heterocycles. The molecule has 4 aromatic rings. The Morgan fingerprint density at radius 1 is 0.600 bits per heavy atom. The Labute approximate surface area is 184 Å². The number of hydrogen-bond acceptors (Lipinski definition) is 2. The molecule has 2 nitrogen and oxygen atoms in total. The second-order valence-electron chi connectivity index (χ2n) is 7.43. The summed E-state index contributed by atoms with van der Waals surface area (Å²) in [5.74, 6) is -0.737. The number of benzene rings is 4. The van der Waals surface area contributed by atoms with Crippen LogP contribution in [0.3, 0.4) is 0 Å². The Morgan fingerprint density at radius 3 is 1.47 bits per heavy atom. The SMILES string of the molecule is O=C1OC(P(Br)(c2ccccc2)(c2ccccc2)c2ccccc2)c2ccccc21. The fourth-order valence-corrected chi connectivity index (χ4v) is 12.6. The van der Waals surface area contributed by atoms with E-state index in [4.69, 9.17) is 4.74 Å². The van der Waals surface area contributed by atoms with Crippen molar-refractivity contribution in [3.63, 3.8) is 0 Å². The summed E-state index contributed by atoms with van der Waals surface area (Å²) in [5, 5.41) is -0.0770. The Morgan fingerprint density at radius 2 is 1.00 bits per heavy atom. The number of cyclic esters (lactones) is 1. The maximum absolute atomic E-state index is 12.9. The summed E-state index contributed by atoms with van der Waals surface area (Å²) in [6.45, 7) is 0. The molecule has 1 aliphatic rings. The first kappa shape index (κ1) is 19.2. The summed E-state index contributed by atoms with van der Waals surface area (Å²) in [4.78, 5) is 12.9. The van der Waals surface area contributed by atoms with Crippen LogP contribution in [0.1, 0.15) is 21.8 Å². The van der Waals surface area contributed by atoms with Crippen molar-refractivity contribution in [2.24, 2.45) is 0 Å². The quantitative estimate of drug-likeness (QED) is 0.280. The van der Waals surface area contributed by atoms with Crippen molar-refractivity contribution in [3.8, 4) is 0 Å². The van der Waals surface area contributed by atoms with Crippen LogP contribution >= 0.6 is 20.8 Å². The third kappa shape index (κ3) is 2.56. The fourth-order valence-electron chi connectivity index (χ4n) is 4.50. The second-order valence-corrected chi connectivity index (χ2v) is 16.0. The van der Waals surface area contributed by atoms with Gasteiger partial charge in [0.2, 0.25) is 0 Å². The van der Waals surface area contributed by atoms with Gasteiger partial charge in [0.25, 0.3) is 0 Å². The van der Waals surface area contributed by atoms with Crippen molar-refractivity contribution >= 4 is 42.7 Å². The first-order valence-electron chi connectivity index (χ1n) is 9.84. The summed E-state index contributed by atoms with van der Waals surface area (Å²) >= 11 is 4.40. The average Bonchev–Trinajstić information content (AvgIpc) is 3.18. The van der Waals surface area contributed by atoms with Crippen LogP contribution in [0.4, 0.5) is 0 Å². The average molecular weight is 475 g/mol. The second kappa shape index (κ2) is 7.19. The molecule has 1 atom stereocenters. The monoisotopic (exact) mass is 474 g/mol. The van der Waals surface area contributed by atoms with Crippen molar-refractivity contribution < 1.29 is 9.53 Å². The predicted molar refractivity (Wildman–Crippen MR) is 129 cm³/mol. The molecule has 4 heteroatoms. The van der Waals surface area contributed by atoms with Gasteiger partial charge in [0, 0.05) is 0 Å². The number of carbonyl (C=O) groups is 1. The molecular weight excluding hydrogens is 455 g/mol. The van der Waals surface area contributed by atoms with Crippen molar-refractivity contribution in [1.29, 1.82) is 0 Å². The van der Waals surface area contributed by atoms with Crippen molar-refractivity contribution in [1.82, 2.24) is 0 Å². The molecule has 0 saturated carbocycles. The molecule has 0 N–H and O–H groups in total. The van der Waals surface area contributed by atoms with Crippen LogP contribution in [0, 0.1) is 0 Å². The zero-order valence-corrected chi connectivity index (χ0v) is 18.7. The van der Waals surface area contributed by atoms with Crippen LogP contribution in [0.25, 0.3) is 0 Å². The minimum atomic E-state index is -3.44. The normalized spacial score (nSPS) is 16.9. The van der Waals surface area contributed by atoms with Crippen LogP contribution < -0.4 is 15.9 Å². The number of rotatable bonds is 4. The van der Waals surface area contributed by atoms with Gasteiger partial charge in [-0.15, -0.1) is 0 Å². The number of fused-ring (bicyclic) bond motifs is 1. The third-order valence-electron chi connectivity index (χ3n) is 5.89. The van der Waals surface area contributed by atoms with E-state index in [0.717, 1.165) is 21.5 Å². The number of esters is 1. The van der Waals surface area contributed by atoms with Gasteiger partial charge in [-0.25, -0.2) is 0 Å². The van der Waals surface area contributed by atoms with Gasteiger partial charge in [0.15, 0.2) is 0 Å². The van der Waals surface area contributed by atoms with E-state index in [-0.39, 0.29) is 5.97 Å². The Balaban J connectivity index is 1.96. The van der Waals surface area contributed by atoms with Gasteiger partial charge < -0.3 is 0 Å². The summed E-state index contributed by atoms with van der Waals surface area (Å²) in [7, 11) is 0. The van der Waals surface area contributed by atoms with E-state index in [2.05, 4.69) is 51.9 Å². The van der Waals surface area contributed by atoms with Gasteiger partial charge in [-0.2, -0.15) is 0 Å². The molecule has 0 saturated heterocycles. The number of halogens is 1. The number of hydrogen-bond donors (Lipinski definition) is 0. The first-order valence-corrected chi connectivity index (χ1v) is 14.2. The van der Waals surface area contributed by atoms with Crippen molar-refractivity contribution in [2.45, 2.75) is 5.85 Å². The van der Waals surface area contributed by atoms with Crippen LogP contribution in [-0.2, 0) is 4.74 Å². The van der Waals surface area contributed by atoms with Crippen LogP contribution in [0.15, 0.2) is 115 Å². The standard InChI is InChI=1S/C26H20BrO2P/c27-30(20-12-4-1-5-13-20,21-14-6-2-7-15-21,22-16-8-3-9-17-22)26-24-19-11-10-18-23(24)25(28)29-26/h1-19,26H. The van der Waals surface area contributed by atoms with Gasteiger partial charge in [-0.05, 0) is 0 Å². The van der Waals surface area contributed by atoms with E-state index in [1.807, 2.05) is 78.9 Å². The zero-order chi connectivity index (χ0) is 20.6. The molecule has 0 amide bonds. The van der Waals surface area contributed by atoms with Crippen LogP contribution in [0.5, 0.6) is 0 Å². The molecule has 5 rings (SSSR count). The van der Waals surface area contributed by atoms with Crippen molar-refractivity contribution in [2.75, 3.05) is 0 Å². The van der Waals surface area contributed by atoms with Gasteiger partial charge in [-0.3, -0.25) is 0 Å².